The Bertz CT molecular complexity index is 843. The first-order valence-electron chi connectivity index (χ1n) is 7.41. The van der Waals surface area contributed by atoms with Crippen LogP contribution in [-0.4, -0.2) is 19.7 Å². The molecule has 23 heavy (non-hydrogen) atoms. The van der Waals surface area contributed by atoms with Crippen LogP contribution in [0.5, 0.6) is 0 Å². The molecule has 2 aromatic carbocycles. The molecule has 0 saturated heterocycles. The maximum absolute atomic E-state index is 4.42. The van der Waals surface area contributed by atoms with Gasteiger partial charge in [-0.1, -0.05) is 54.6 Å². The number of hydrogen-bond acceptors (Lipinski definition) is 3. The maximum Gasteiger partial charge on any atom is 0.187 e. The van der Waals surface area contributed by atoms with Gasteiger partial charge in [0.15, 0.2) is 11.6 Å². The van der Waals surface area contributed by atoms with Crippen molar-refractivity contribution < 1.29 is 0 Å². The number of pyridine rings is 1. The van der Waals surface area contributed by atoms with Gasteiger partial charge in [0, 0.05) is 17.4 Å². The Morgan fingerprint density at radius 2 is 1.26 bits per heavy atom. The lowest BCUT2D eigenvalue weighted by Crippen LogP contribution is -2.00. The normalized spacial score (nSPS) is 10.6. The smallest absolute Gasteiger partial charge is 0.187 e. The molecule has 110 valence electrons. The van der Waals surface area contributed by atoms with Gasteiger partial charge in [-0.25, -0.2) is 0 Å². The third kappa shape index (κ3) is 2.51. The zero-order valence-corrected chi connectivity index (χ0v) is 12.4. The molecular formula is C19H14N4. The van der Waals surface area contributed by atoms with Gasteiger partial charge in [0.1, 0.15) is 5.69 Å². The van der Waals surface area contributed by atoms with E-state index in [-0.39, 0.29) is 0 Å². The topological polar surface area (TPSA) is 43.6 Å². The molecule has 0 fully saturated rings. The number of hydrogen-bond donors (Lipinski definition) is 0. The molecule has 0 amide bonds. The van der Waals surface area contributed by atoms with E-state index in [0.717, 1.165) is 28.6 Å². The molecule has 2 heterocycles. The van der Waals surface area contributed by atoms with Gasteiger partial charge in [0.05, 0.1) is 0 Å². The zero-order chi connectivity index (χ0) is 15.5. The number of benzene rings is 2. The Labute approximate surface area is 134 Å². The highest BCUT2D eigenvalue weighted by Crippen LogP contribution is 2.27. The summed E-state index contributed by atoms with van der Waals surface area (Å²) in [6, 6.07) is 25.9. The lowest BCUT2D eigenvalue weighted by atomic mass is 10.2. The second-order valence-electron chi connectivity index (χ2n) is 5.10. The van der Waals surface area contributed by atoms with Crippen LogP contribution in [0.4, 0.5) is 0 Å². The molecule has 0 saturated carbocycles. The molecule has 0 radical (unpaired) electrons. The Hall–Kier alpha value is -3.27. The molecule has 4 aromatic rings. The van der Waals surface area contributed by atoms with E-state index in [1.807, 2.05) is 83.4 Å². The maximum atomic E-state index is 4.42. The third-order valence-corrected chi connectivity index (χ3v) is 3.60. The molecule has 0 atom stereocenters. The Morgan fingerprint density at radius 1 is 0.609 bits per heavy atom. The first kappa shape index (κ1) is 13.4. The number of rotatable bonds is 3. The summed E-state index contributed by atoms with van der Waals surface area (Å²) in [5.41, 5.74) is 2.83. The van der Waals surface area contributed by atoms with E-state index in [0.29, 0.717) is 0 Å². The van der Waals surface area contributed by atoms with Crippen LogP contribution in [0.25, 0.3) is 28.6 Å². The quantitative estimate of drug-likeness (QED) is 0.574. The summed E-state index contributed by atoms with van der Waals surface area (Å²) in [7, 11) is 0. The van der Waals surface area contributed by atoms with Gasteiger partial charge in [0.25, 0.3) is 0 Å². The van der Waals surface area contributed by atoms with E-state index in [4.69, 9.17) is 0 Å². The van der Waals surface area contributed by atoms with Gasteiger partial charge in [-0.3, -0.25) is 9.55 Å². The monoisotopic (exact) mass is 298 g/mol. The van der Waals surface area contributed by atoms with Crippen molar-refractivity contribution in [2.75, 3.05) is 0 Å². The SMILES string of the molecule is c1ccc(-c2nnc(-c3ccccn3)n2-c2ccccc2)cc1. The van der Waals surface area contributed by atoms with E-state index in [2.05, 4.69) is 15.2 Å². The predicted molar refractivity (Wildman–Crippen MR) is 90.0 cm³/mol. The molecule has 4 nitrogen and oxygen atoms in total. The minimum absolute atomic E-state index is 0.732. The predicted octanol–water partition coefficient (Wildman–Crippen LogP) is 4.00. The van der Waals surface area contributed by atoms with Crippen LogP contribution >= 0.6 is 0 Å². The second kappa shape index (κ2) is 5.85. The van der Waals surface area contributed by atoms with Crippen LogP contribution in [0, 0.1) is 0 Å². The standard InChI is InChI=1S/C19H14N4/c1-3-9-15(10-4-1)18-21-22-19(17-13-7-8-14-20-17)23(18)16-11-5-2-6-12-16/h1-14H. The Balaban J connectivity index is 1.97. The van der Waals surface area contributed by atoms with Crippen molar-refractivity contribution in [3.05, 3.63) is 85.1 Å². The lowest BCUT2D eigenvalue weighted by molar-refractivity contribution is 1.06. The van der Waals surface area contributed by atoms with Crippen molar-refractivity contribution in [3.63, 3.8) is 0 Å². The molecule has 4 heteroatoms. The summed E-state index contributed by atoms with van der Waals surface area (Å²) in [4.78, 5) is 4.42. The van der Waals surface area contributed by atoms with Gasteiger partial charge < -0.3 is 0 Å². The van der Waals surface area contributed by atoms with Crippen molar-refractivity contribution in [2.45, 2.75) is 0 Å². The molecule has 2 aromatic heterocycles. The van der Waals surface area contributed by atoms with Gasteiger partial charge in [-0.05, 0) is 24.3 Å². The summed E-state index contributed by atoms with van der Waals surface area (Å²) in [6.07, 6.45) is 1.77. The van der Waals surface area contributed by atoms with Gasteiger partial charge in [-0.2, -0.15) is 0 Å². The van der Waals surface area contributed by atoms with Crippen molar-refractivity contribution in [3.8, 4) is 28.6 Å². The van der Waals surface area contributed by atoms with Crippen molar-refractivity contribution in [2.24, 2.45) is 0 Å². The van der Waals surface area contributed by atoms with Crippen molar-refractivity contribution >= 4 is 0 Å². The fraction of sp³-hybridized carbons (Fsp3) is 0. The van der Waals surface area contributed by atoms with E-state index < -0.39 is 0 Å². The van der Waals surface area contributed by atoms with Crippen LogP contribution in [0.3, 0.4) is 0 Å². The van der Waals surface area contributed by atoms with Crippen LogP contribution in [0.15, 0.2) is 85.1 Å². The minimum Gasteiger partial charge on any atom is -0.274 e. The van der Waals surface area contributed by atoms with E-state index in [1.165, 1.54) is 0 Å². The number of para-hydroxylation sites is 1. The number of aromatic nitrogens is 4. The lowest BCUT2D eigenvalue weighted by Gasteiger charge is -2.10. The average molecular weight is 298 g/mol. The second-order valence-corrected chi connectivity index (χ2v) is 5.10. The van der Waals surface area contributed by atoms with Crippen LogP contribution in [0.2, 0.25) is 0 Å². The summed E-state index contributed by atoms with van der Waals surface area (Å²) < 4.78 is 2.04. The van der Waals surface area contributed by atoms with Crippen LogP contribution < -0.4 is 0 Å². The summed E-state index contributed by atoms with van der Waals surface area (Å²) >= 11 is 0. The van der Waals surface area contributed by atoms with Crippen LogP contribution in [-0.2, 0) is 0 Å². The van der Waals surface area contributed by atoms with E-state index in [9.17, 15) is 0 Å². The van der Waals surface area contributed by atoms with Crippen molar-refractivity contribution in [1.29, 1.82) is 0 Å². The molecule has 0 aliphatic carbocycles. The fourth-order valence-corrected chi connectivity index (χ4v) is 2.54. The third-order valence-electron chi connectivity index (χ3n) is 3.60. The Morgan fingerprint density at radius 3 is 1.96 bits per heavy atom. The Kier molecular flexibility index (Phi) is 3.41. The fourth-order valence-electron chi connectivity index (χ4n) is 2.54. The van der Waals surface area contributed by atoms with Gasteiger partial charge in [-0.15, -0.1) is 10.2 Å². The molecule has 0 bridgehead atoms. The first-order valence-corrected chi connectivity index (χ1v) is 7.41. The van der Waals surface area contributed by atoms with E-state index >= 15 is 0 Å². The van der Waals surface area contributed by atoms with Gasteiger partial charge >= 0.3 is 0 Å². The van der Waals surface area contributed by atoms with Gasteiger partial charge in [0.2, 0.25) is 0 Å². The highest BCUT2D eigenvalue weighted by atomic mass is 15.3. The molecule has 0 unspecified atom stereocenters. The largest absolute Gasteiger partial charge is 0.274 e. The summed E-state index contributed by atoms with van der Waals surface area (Å²) in [5.74, 6) is 1.54. The number of nitrogens with zero attached hydrogens (tertiary/aromatic N) is 4. The minimum atomic E-state index is 0.732. The van der Waals surface area contributed by atoms with Crippen LogP contribution in [0.1, 0.15) is 0 Å². The molecule has 4 rings (SSSR count). The van der Waals surface area contributed by atoms with E-state index in [1.54, 1.807) is 6.20 Å². The zero-order valence-electron chi connectivity index (χ0n) is 12.4. The van der Waals surface area contributed by atoms with Crippen molar-refractivity contribution in [1.82, 2.24) is 19.7 Å². The average Bonchev–Trinajstić information content (AvgIpc) is 3.09. The molecule has 0 spiro atoms. The molecule has 0 aliphatic heterocycles. The highest BCUT2D eigenvalue weighted by Gasteiger charge is 2.17. The summed E-state index contributed by atoms with van der Waals surface area (Å²) in [6.45, 7) is 0. The molecule has 0 N–H and O–H groups in total. The first-order chi connectivity index (χ1) is 11.4. The summed E-state index contributed by atoms with van der Waals surface area (Å²) in [5, 5.41) is 8.80. The molecule has 0 aliphatic rings. The highest BCUT2D eigenvalue weighted by molar-refractivity contribution is 5.64. The molecular weight excluding hydrogens is 284 g/mol.